The van der Waals surface area contributed by atoms with E-state index in [0.29, 0.717) is 17.7 Å². The Kier molecular flexibility index (Phi) is 4.56. The van der Waals surface area contributed by atoms with Crippen LogP contribution in [0.1, 0.15) is 18.9 Å². The lowest BCUT2D eigenvalue weighted by molar-refractivity contribution is -0.384. The van der Waals surface area contributed by atoms with Gasteiger partial charge in [-0.15, -0.1) is 11.8 Å². The average molecular weight is 415 g/mol. The number of β-lactam (4-membered cyclic amide) rings is 1. The van der Waals surface area contributed by atoms with E-state index >= 15 is 0 Å². The number of hydrogen-bond donors (Lipinski definition) is 0. The first-order valence-electron chi connectivity index (χ1n) is 7.31. The van der Waals surface area contributed by atoms with Gasteiger partial charge >= 0.3 is 5.97 Å². The maximum atomic E-state index is 12.5. The van der Waals surface area contributed by atoms with Crippen LogP contribution < -0.4 is 0 Å². The topological polar surface area (TPSA) is 89.8 Å². The molecule has 1 aromatic carbocycles. The SMILES string of the molecule is CC1(Br)CS[C@@H]2CC(=O)N2[C@H]1C(=O)OCc1ccc([N+](=O)[O-])cc1. The number of non-ortho nitro benzene ring substituents is 1. The third-order valence-corrected chi connectivity index (χ3v) is 6.74. The van der Waals surface area contributed by atoms with Crippen LogP contribution in [0.2, 0.25) is 0 Å². The molecule has 1 unspecified atom stereocenters. The summed E-state index contributed by atoms with van der Waals surface area (Å²) in [5, 5.41) is 10.7. The Bertz CT molecular complexity index is 694. The summed E-state index contributed by atoms with van der Waals surface area (Å²) in [6.45, 7) is 1.88. The number of esters is 1. The molecule has 2 heterocycles. The van der Waals surface area contributed by atoms with Gasteiger partial charge in [-0.1, -0.05) is 15.9 Å². The number of amides is 1. The molecule has 1 aromatic rings. The highest BCUT2D eigenvalue weighted by Gasteiger charge is 2.55. The lowest BCUT2D eigenvalue weighted by Crippen LogP contribution is -2.68. The first-order chi connectivity index (χ1) is 11.3. The Hall–Kier alpha value is -1.61. The minimum absolute atomic E-state index is 0.0102. The molecule has 0 saturated carbocycles. The molecule has 2 aliphatic rings. The first-order valence-corrected chi connectivity index (χ1v) is 9.15. The van der Waals surface area contributed by atoms with Gasteiger partial charge in [0, 0.05) is 17.9 Å². The van der Waals surface area contributed by atoms with Gasteiger partial charge in [-0.2, -0.15) is 0 Å². The van der Waals surface area contributed by atoms with Crippen LogP contribution in [0.5, 0.6) is 0 Å². The van der Waals surface area contributed by atoms with Crippen molar-refractivity contribution in [3.63, 3.8) is 0 Å². The van der Waals surface area contributed by atoms with Crippen molar-refractivity contribution < 1.29 is 19.2 Å². The number of alkyl halides is 1. The third-order valence-electron chi connectivity index (χ3n) is 4.11. The molecule has 128 valence electrons. The molecular formula is C15H15BrN2O5S. The Morgan fingerprint density at radius 1 is 1.50 bits per heavy atom. The summed E-state index contributed by atoms with van der Waals surface area (Å²) in [4.78, 5) is 36.1. The van der Waals surface area contributed by atoms with Gasteiger partial charge in [0.05, 0.1) is 21.0 Å². The highest BCUT2D eigenvalue weighted by atomic mass is 79.9. The maximum Gasteiger partial charge on any atom is 0.330 e. The summed E-state index contributed by atoms with van der Waals surface area (Å²) >= 11 is 5.20. The van der Waals surface area contributed by atoms with Crippen molar-refractivity contribution in [3.05, 3.63) is 39.9 Å². The van der Waals surface area contributed by atoms with Crippen molar-refractivity contribution in [1.82, 2.24) is 4.90 Å². The van der Waals surface area contributed by atoms with Crippen molar-refractivity contribution in [3.8, 4) is 0 Å². The predicted octanol–water partition coefficient (Wildman–Crippen LogP) is 2.47. The lowest BCUT2D eigenvalue weighted by Gasteiger charge is -2.52. The Labute approximate surface area is 151 Å². The largest absolute Gasteiger partial charge is 0.459 e. The van der Waals surface area contributed by atoms with Gasteiger partial charge in [0.25, 0.3) is 5.69 Å². The molecule has 1 amide bonds. The van der Waals surface area contributed by atoms with E-state index in [1.807, 2.05) is 6.92 Å². The smallest absolute Gasteiger partial charge is 0.330 e. The predicted molar refractivity (Wildman–Crippen MR) is 91.7 cm³/mol. The van der Waals surface area contributed by atoms with Crippen LogP contribution >= 0.6 is 27.7 Å². The summed E-state index contributed by atoms with van der Waals surface area (Å²) in [5.41, 5.74) is 0.637. The molecule has 0 aromatic heterocycles. The zero-order chi connectivity index (χ0) is 17.5. The molecule has 3 atom stereocenters. The van der Waals surface area contributed by atoms with Gasteiger partial charge in [0.2, 0.25) is 5.91 Å². The van der Waals surface area contributed by atoms with Crippen LogP contribution in [0.3, 0.4) is 0 Å². The molecule has 9 heteroatoms. The Balaban J connectivity index is 1.67. The van der Waals surface area contributed by atoms with Crippen molar-refractivity contribution >= 4 is 45.3 Å². The van der Waals surface area contributed by atoms with Crippen LogP contribution in [0.4, 0.5) is 5.69 Å². The number of nitro benzene ring substituents is 1. The summed E-state index contributed by atoms with van der Waals surface area (Å²) in [6.07, 6.45) is 0.458. The van der Waals surface area contributed by atoms with Crippen molar-refractivity contribution in [2.24, 2.45) is 0 Å². The van der Waals surface area contributed by atoms with E-state index < -0.39 is 21.3 Å². The zero-order valence-corrected chi connectivity index (χ0v) is 15.2. The third kappa shape index (κ3) is 3.14. The van der Waals surface area contributed by atoms with Crippen LogP contribution in [0.25, 0.3) is 0 Å². The fourth-order valence-corrected chi connectivity index (χ4v) is 4.93. The van der Waals surface area contributed by atoms with Crippen molar-refractivity contribution in [2.45, 2.75) is 35.7 Å². The number of fused-ring (bicyclic) bond motifs is 1. The van der Waals surface area contributed by atoms with Gasteiger partial charge in [-0.25, -0.2) is 4.79 Å². The Morgan fingerprint density at radius 2 is 2.17 bits per heavy atom. The number of halogens is 1. The number of benzene rings is 1. The van der Waals surface area contributed by atoms with Crippen molar-refractivity contribution in [1.29, 1.82) is 0 Å². The van der Waals surface area contributed by atoms with Gasteiger partial charge < -0.3 is 9.64 Å². The van der Waals surface area contributed by atoms with Gasteiger partial charge in [-0.05, 0) is 24.6 Å². The van der Waals surface area contributed by atoms with Crippen molar-refractivity contribution in [2.75, 3.05) is 5.75 Å². The number of rotatable bonds is 4. The number of carbonyl (C=O) groups excluding carboxylic acids is 2. The summed E-state index contributed by atoms with van der Waals surface area (Å²) in [7, 11) is 0. The number of nitro groups is 1. The van der Waals surface area contributed by atoms with Gasteiger partial charge in [0.15, 0.2) is 0 Å². The highest BCUT2D eigenvalue weighted by Crippen LogP contribution is 2.45. The molecule has 2 fully saturated rings. The van der Waals surface area contributed by atoms with Gasteiger partial charge in [-0.3, -0.25) is 14.9 Å². The second-order valence-electron chi connectivity index (χ2n) is 5.98. The quantitative estimate of drug-likeness (QED) is 0.247. The van der Waals surface area contributed by atoms with Crippen LogP contribution in [-0.4, -0.2) is 43.2 Å². The van der Waals surface area contributed by atoms with Crippen LogP contribution in [-0.2, 0) is 20.9 Å². The second kappa shape index (κ2) is 6.36. The van der Waals surface area contributed by atoms with E-state index in [4.69, 9.17) is 4.74 Å². The number of carbonyl (C=O) groups is 2. The fraction of sp³-hybridized carbons (Fsp3) is 0.467. The number of nitrogens with zero attached hydrogens (tertiary/aromatic N) is 2. The summed E-state index contributed by atoms with van der Waals surface area (Å²) < 4.78 is 4.82. The van der Waals surface area contributed by atoms with E-state index in [9.17, 15) is 19.7 Å². The molecule has 7 nitrogen and oxygen atoms in total. The molecule has 2 saturated heterocycles. The minimum atomic E-state index is -0.664. The number of thioether (sulfide) groups is 1. The normalized spacial score (nSPS) is 28.8. The molecule has 3 rings (SSSR count). The summed E-state index contributed by atoms with van der Waals surface area (Å²) in [6, 6.07) is 5.16. The molecule has 0 spiro atoms. The molecule has 0 N–H and O–H groups in total. The van der Waals surface area contributed by atoms with E-state index in [-0.39, 0.29) is 23.6 Å². The Morgan fingerprint density at radius 3 is 2.75 bits per heavy atom. The van der Waals surface area contributed by atoms with Gasteiger partial charge in [0.1, 0.15) is 12.6 Å². The van der Waals surface area contributed by atoms with Crippen LogP contribution in [0, 0.1) is 10.1 Å². The first kappa shape index (κ1) is 17.2. The number of hydrogen-bond acceptors (Lipinski definition) is 6. The molecule has 0 aliphatic carbocycles. The monoisotopic (exact) mass is 414 g/mol. The number of ether oxygens (including phenoxy) is 1. The lowest BCUT2D eigenvalue weighted by atomic mass is 9.97. The molecule has 2 aliphatic heterocycles. The molecular weight excluding hydrogens is 400 g/mol. The minimum Gasteiger partial charge on any atom is -0.459 e. The zero-order valence-electron chi connectivity index (χ0n) is 12.8. The second-order valence-corrected chi connectivity index (χ2v) is 8.96. The highest BCUT2D eigenvalue weighted by molar-refractivity contribution is 9.10. The van der Waals surface area contributed by atoms with E-state index in [1.165, 1.54) is 12.1 Å². The molecule has 0 bridgehead atoms. The van der Waals surface area contributed by atoms with Crippen LogP contribution in [0.15, 0.2) is 24.3 Å². The average Bonchev–Trinajstić information content (AvgIpc) is 2.53. The van der Waals surface area contributed by atoms with E-state index in [2.05, 4.69) is 15.9 Å². The molecule has 24 heavy (non-hydrogen) atoms. The fourth-order valence-electron chi connectivity index (χ4n) is 2.79. The standard InChI is InChI=1S/C15H15BrN2O5S/c1-15(16)8-24-12-6-11(19)17(12)13(15)14(20)23-7-9-2-4-10(5-3-9)18(21)22/h2-5,12-13H,6-8H2,1H3/t12-,13+,15?/m1/s1. The maximum absolute atomic E-state index is 12.5. The van der Waals surface area contributed by atoms with E-state index in [0.717, 1.165) is 0 Å². The molecule has 0 radical (unpaired) electrons. The summed E-state index contributed by atoms with van der Waals surface area (Å²) in [5.74, 6) is 0.194. The van der Waals surface area contributed by atoms with E-state index in [1.54, 1.807) is 28.8 Å².